The molecule has 0 aromatic heterocycles. The highest BCUT2D eigenvalue weighted by Gasteiger charge is 2.00. The molecule has 0 fully saturated rings. The van der Waals surface area contributed by atoms with Gasteiger partial charge in [-0.15, -0.1) is 0 Å². The zero-order chi connectivity index (χ0) is 8.85. The zero-order valence-corrected chi connectivity index (χ0v) is 7.39. The molecule has 0 aromatic carbocycles. The molecule has 0 heterocycles. The first-order valence-electron chi connectivity index (χ1n) is 3.73. The van der Waals surface area contributed by atoms with Gasteiger partial charge in [0.1, 0.15) is 0 Å². The standard InChI is InChI=1S/C10H15F/c1-5-10(8(2)3)9(4)6-7-11/h5-8H,1H2,2-4H3/b7-6+,10-9+. The summed E-state index contributed by atoms with van der Waals surface area (Å²) in [5.41, 5.74) is 2.04. The minimum absolute atomic E-state index is 0.406. The van der Waals surface area contributed by atoms with E-state index in [2.05, 4.69) is 20.4 Å². The highest BCUT2D eigenvalue weighted by atomic mass is 19.1. The fourth-order valence-corrected chi connectivity index (χ4v) is 1.04. The van der Waals surface area contributed by atoms with Crippen molar-refractivity contribution in [1.82, 2.24) is 0 Å². The molecule has 0 amide bonds. The highest BCUT2D eigenvalue weighted by molar-refractivity contribution is 5.31. The Balaban J connectivity index is 4.67. The lowest BCUT2D eigenvalue weighted by Gasteiger charge is -2.07. The topological polar surface area (TPSA) is 0 Å². The lowest BCUT2D eigenvalue weighted by atomic mass is 9.98. The Hall–Kier alpha value is -0.850. The SMILES string of the molecule is C=C/C(=C(C)\C=C\F)C(C)C. The molecule has 0 radical (unpaired) electrons. The number of halogens is 1. The third kappa shape index (κ3) is 3.17. The minimum atomic E-state index is 0.406. The largest absolute Gasteiger partial charge is 0.216 e. The van der Waals surface area contributed by atoms with Crippen LogP contribution in [0.4, 0.5) is 4.39 Å². The molecule has 0 N–H and O–H groups in total. The van der Waals surface area contributed by atoms with Gasteiger partial charge in [-0.1, -0.05) is 26.5 Å². The maximum atomic E-state index is 11.8. The predicted octanol–water partition coefficient (Wildman–Crippen LogP) is 3.63. The van der Waals surface area contributed by atoms with Crippen molar-refractivity contribution in [2.45, 2.75) is 20.8 Å². The first-order chi connectivity index (χ1) is 5.13. The van der Waals surface area contributed by atoms with Crippen molar-refractivity contribution < 1.29 is 4.39 Å². The summed E-state index contributed by atoms with van der Waals surface area (Å²) >= 11 is 0. The Morgan fingerprint density at radius 3 is 2.27 bits per heavy atom. The number of allylic oxidation sites excluding steroid dienone is 4. The number of hydrogen-bond donors (Lipinski definition) is 0. The van der Waals surface area contributed by atoms with Gasteiger partial charge in [-0.3, -0.25) is 0 Å². The molecular formula is C10H15F. The van der Waals surface area contributed by atoms with Crippen LogP contribution in [0.15, 0.2) is 36.2 Å². The molecule has 0 rings (SSSR count). The molecule has 0 aliphatic rings. The molecule has 0 aliphatic carbocycles. The van der Waals surface area contributed by atoms with Crippen LogP contribution in [-0.2, 0) is 0 Å². The summed E-state index contributed by atoms with van der Waals surface area (Å²) in [7, 11) is 0. The number of hydrogen-bond acceptors (Lipinski definition) is 0. The van der Waals surface area contributed by atoms with E-state index in [-0.39, 0.29) is 0 Å². The first-order valence-corrected chi connectivity index (χ1v) is 3.73. The van der Waals surface area contributed by atoms with E-state index in [1.165, 1.54) is 6.08 Å². The third-order valence-corrected chi connectivity index (χ3v) is 1.61. The van der Waals surface area contributed by atoms with Gasteiger partial charge in [0, 0.05) is 0 Å². The Kier molecular flexibility index (Phi) is 4.51. The normalized spacial score (nSPS) is 13.9. The fourth-order valence-electron chi connectivity index (χ4n) is 1.04. The van der Waals surface area contributed by atoms with Crippen LogP contribution in [0.5, 0.6) is 0 Å². The van der Waals surface area contributed by atoms with Gasteiger partial charge >= 0.3 is 0 Å². The average Bonchev–Trinajstić information content (AvgIpc) is 1.88. The second-order valence-corrected chi connectivity index (χ2v) is 2.79. The van der Waals surface area contributed by atoms with Crippen molar-refractivity contribution >= 4 is 0 Å². The summed E-state index contributed by atoms with van der Waals surface area (Å²) in [6.07, 6.45) is 3.79. The molecule has 62 valence electrons. The van der Waals surface area contributed by atoms with Gasteiger partial charge in [-0.05, 0) is 30.1 Å². The first kappa shape index (κ1) is 10.2. The Bertz CT molecular complexity index is 185. The Morgan fingerprint density at radius 2 is 2.00 bits per heavy atom. The number of rotatable bonds is 3. The molecule has 0 atom stereocenters. The molecule has 0 nitrogen and oxygen atoms in total. The van der Waals surface area contributed by atoms with Crippen LogP contribution in [0.25, 0.3) is 0 Å². The van der Waals surface area contributed by atoms with Gasteiger partial charge in [-0.25, -0.2) is 4.39 Å². The van der Waals surface area contributed by atoms with Crippen molar-refractivity contribution in [1.29, 1.82) is 0 Å². The highest BCUT2D eigenvalue weighted by Crippen LogP contribution is 2.16. The van der Waals surface area contributed by atoms with E-state index in [0.717, 1.165) is 11.1 Å². The van der Waals surface area contributed by atoms with Gasteiger partial charge in [0.15, 0.2) is 0 Å². The molecule has 0 bridgehead atoms. The van der Waals surface area contributed by atoms with E-state index in [1.807, 2.05) is 6.92 Å². The lowest BCUT2D eigenvalue weighted by molar-refractivity contribution is 0.718. The second kappa shape index (κ2) is 4.89. The maximum Gasteiger partial charge on any atom is 0.0869 e. The van der Waals surface area contributed by atoms with Gasteiger partial charge < -0.3 is 0 Å². The minimum Gasteiger partial charge on any atom is -0.216 e. The average molecular weight is 154 g/mol. The van der Waals surface area contributed by atoms with E-state index < -0.39 is 0 Å². The molecular weight excluding hydrogens is 139 g/mol. The van der Waals surface area contributed by atoms with Crippen LogP contribution in [0, 0.1) is 5.92 Å². The van der Waals surface area contributed by atoms with Crippen LogP contribution in [-0.4, -0.2) is 0 Å². The van der Waals surface area contributed by atoms with Crippen LogP contribution >= 0.6 is 0 Å². The maximum absolute atomic E-state index is 11.8. The lowest BCUT2D eigenvalue weighted by Crippen LogP contribution is -1.92. The Morgan fingerprint density at radius 1 is 1.45 bits per heavy atom. The van der Waals surface area contributed by atoms with E-state index in [4.69, 9.17) is 0 Å². The van der Waals surface area contributed by atoms with Gasteiger partial charge in [-0.2, -0.15) is 0 Å². The summed E-state index contributed by atoms with van der Waals surface area (Å²) in [6, 6.07) is 0. The molecule has 0 spiro atoms. The molecule has 1 heteroatoms. The third-order valence-electron chi connectivity index (χ3n) is 1.61. The van der Waals surface area contributed by atoms with Crippen molar-refractivity contribution in [3.8, 4) is 0 Å². The van der Waals surface area contributed by atoms with Crippen LogP contribution in [0.3, 0.4) is 0 Å². The van der Waals surface area contributed by atoms with Gasteiger partial charge in [0.25, 0.3) is 0 Å². The molecule has 0 unspecified atom stereocenters. The summed E-state index contributed by atoms with van der Waals surface area (Å²) in [6.45, 7) is 9.68. The smallest absolute Gasteiger partial charge is 0.0869 e. The molecule has 0 aromatic rings. The van der Waals surface area contributed by atoms with Gasteiger partial charge in [0.2, 0.25) is 0 Å². The van der Waals surface area contributed by atoms with Crippen molar-refractivity contribution in [3.05, 3.63) is 36.2 Å². The fraction of sp³-hybridized carbons (Fsp3) is 0.400. The van der Waals surface area contributed by atoms with Crippen molar-refractivity contribution in [3.63, 3.8) is 0 Å². The van der Waals surface area contributed by atoms with E-state index in [0.29, 0.717) is 12.2 Å². The predicted molar refractivity (Wildman–Crippen MR) is 48.0 cm³/mol. The van der Waals surface area contributed by atoms with Crippen LogP contribution in [0.2, 0.25) is 0 Å². The van der Waals surface area contributed by atoms with Crippen LogP contribution in [0.1, 0.15) is 20.8 Å². The molecule has 11 heavy (non-hydrogen) atoms. The summed E-state index contributed by atoms with van der Waals surface area (Å²) in [5, 5.41) is 0. The zero-order valence-electron chi connectivity index (χ0n) is 7.39. The van der Waals surface area contributed by atoms with E-state index >= 15 is 0 Å². The quantitative estimate of drug-likeness (QED) is 0.544. The molecule has 0 saturated heterocycles. The monoisotopic (exact) mass is 154 g/mol. The second-order valence-electron chi connectivity index (χ2n) is 2.79. The van der Waals surface area contributed by atoms with E-state index in [9.17, 15) is 4.39 Å². The Labute approximate surface area is 68.1 Å². The summed E-state index contributed by atoms with van der Waals surface area (Å²) < 4.78 is 11.8. The van der Waals surface area contributed by atoms with Crippen LogP contribution < -0.4 is 0 Å². The molecule has 0 saturated carbocycles. The summed E-state index contributed by atoms with van der Waals surface area (Å²) in [4.78, 5) is 0. The summed E-state index contributed by atoms with van der Waals surface area (Å²) in [5.74, 6) is 0.406. The van der Waals surface area contributed by atoms with Crippen molar-refractivity contribution in [2.24, 2.45) is 5.92 Å². The van der Waals surface area contributed by atoms with Gasteiger partial charge in [0.05, 0.1) is 6.33 Å². The van der Waals surface area contributed by atoms with E-state index in [1.54, 1.807) is 6.08 Å². The van der Waals surface area contributed by atoms with Crippen molar-refractivity contribution in [2.75, 3.05) is 0 Å². The molecule has 0 aliphatic heterocycles.